The van der Waals surface area contributed by atoms with E-state index >= 15 is 0 Å². The molecule has 26 heavy (non-hydrogen) atoms. The highest BCUT2D eigenvalue weighted by Crippen LogP contribution is 2.34. The number of rotatable bonds is 2. The van der Waals surface area contributed by atoms with E-state index in [1.807, 2.05) is 23.6 Å². The average molecular weight is 366 g/mol. The highest BCUT2D eigenvalue weighted by Gasteiger charge is 2.32. The molecule has 0 saturated carbocycles. The van der Waals surface area contributed by atoms with Gasteiger partial charge in [0, 0.05) is 18.2 Å². The van der Waals surface area contributed by atoms with Crippen molar-refractivity contribution in [2.24, 2.45) is 5.73 Å². The van der Waals surface area contributed by atoms with Crippen LogP contribution in [0.15, 0.2) is 30.4 Å². The largest absolute Gasteiger partial charge is 0.495 e. The van der Waals surface area contributed by atoms with E-state index in [0.29, 0.717) is 31.1 Å². The lowest BCUT2D eigenvalue weighted by molar-refractivity contribution is -0.142. The molecule has 7 nitrogen and oxygen atoms in total. The third kappa shape index (κ3) is 3.12. The van der Waals surface area contributed by atoms with Crippen molar-refractivity contribution in [1.82, 2.24) is 24.3 Å². The van der Waals surface area contributed by atoms with Gasteiger partial charge in [-0.1, -0.05) is 12.2 Å². The van der Waals surface area contributed by atoms with Gasteiger partial charge in [-0.05, 0) is 6.92 Å². The summed E-state index contributed by atoms with van der Waals surface area (Å²) in [7, 11) is 0. The van der Waals surface area contributed by atoms with E-state index in [-0.39, 0.29) is 5.82 Å². The van der Waals surface area contributed by atoms with E-state index in [2.05, 4.69) is 15.1 Å². The Morgan fingerprint density at radius 3 is 2.92 bits per heavy atom. The minimum absolute atomic E-state index is 0.0782. The summed E-state index contributed by atoms with van der Waals surface area (Å²) in [6, 6.07) is 0. The molecule has 1 atom stereocenters. The number of nitrogens with two attached hydrogens (primary N) is 1. The molecule has 2 N–H and O–H groups in total. The van der Waals surface area contributed by atoms with Gasteiger partial charge in [-0.3, -0.25) is 0 Å². The van der Waals surface area contributed by atoms with Gasteiger partial charge in [0.15, 0.2) is 5.82 Å². The Morgan fingerprint density at radius 1 is 1.35 bits per heavy atom. The van der Waals surface area contributed by atoms with Crippen LogP contribution >= 0.6 is 0 Å². The summed E-state index contributed by atoms with van der Waals surface area (Å²) in [5.41, 5.74) is 6.79. The molecule has 0 aromatic carbocycles. The van der Waals surface area contributed by atoms with Gasteiger partial charge in [0.1, 0.15) is 36.8 Å². The monoisotopic (exact) mass is 366 g/mol. The Hall–Kier alpha value is -2.62. The third-order valence-electron chi connectivity index (χ3n) is 4.27. The fourth-order valence-corrected chi connectivity index (χ4v) is 3.12. The van der Waals surface area contributed by atoms with E-state index in [9.17, 15) is 13.2 Å². The summed E-state index contributed by atoms with van der Waals surface area (Å²) < 4.78 is 46.7. The van der Waals surface area contributed by atoms with Crippen LogP contribution in [0, 0.1) is 0 Å². The van der Waals surface area contributed by atoms with E-state index in [1.54, 1.807) is 6.20 Å². The molecule has 1 unspecified atom stereocenters. The Morgan fingerprint density at radius 2 is 2.15 bits per heavy atom. The fourth-order valence-electron chi connectivity index (χ4n) is 3.12. The van der Waals surface area contributed by atoms with Crippen LogP contribution < -0.4 is 5.73 Å². The van der Waals surface area contributed by atoms with Crippen molar-refractivity contribution in [3.8, 4) is 11.5 Å². The van der Waals surface area contributed by atoms with Gasteiger partial charge in [0.25, 0.3) is 0 Å². The molecule has 0 spiro atoms. The molecule has 4 rings (SSSR count). The SMILES string of the molecule is CC1(N)C=CC2=C(C1)OCCn1cc(-c3ncnn3CC(F)(F)F)nc12. The zero-order valence-electron chi connectivity index (χ0n) is 14.0. The number of ether oxygens (including phenoxy) is 1. The zero-order chi connectivity index (χ0) is 18.5. The quantitative estimate of drug-likeness (QED) is 0.880. The van der Waals surface area contributed by atoms with Crippen molar-refractivity contribution in [2.45, 2.75) is 38.1 Å². The summed E-state index contributed by atoms with van der Waals surface area (Å²) in [6.45, 7) is 1.64. The predicted octanol–water partition coefficient (Wildman–Crippen LogP) is 2.12. The first-order valence-electron chi connectivity index (χ1n) is 8.08. The Balaban J connectivity index is 1.74. The first kappa shape index (κ1) is 16.8. The van der Waals surface area contributed by atoms with Gasteiger partial charge in [-0.2, -0.15) is 18.3 Å². The smallest absolute Gasteiger partial charge is 0.408 e. The summed E-state index contributed by atoms with van der Waals surface area (Å²) in [5.74, 6) is 1.44. The number of hydrogen-bond acceptors (Lipinski definition) is 5. The predicted molar refractivity (Wildman–Crippen MR) is 86.5 cm³/mol. The van der Waals surface area contributed by atoms with Gasteiger partial charge in [0.05, 0.1) is 12.1 Å². The Bertz CT molecular complexity index is 905. The molecular weight excluding hydrogens is 349 g/mol. The van der Waals surface area contributed by atoms with Crippen LogP contribution in [0.25, 0.3) is 17.1 Å². The van der Waals surface area contributed by atoms with Crippen molar-refractivity contribution in [2.75, 3.05) is 6.61 Å². The van der Waals surface area contributed by atoms with Crippen molar-refractivity contribution >= 4 is 5.57 Å². The summed E-state index contributed by atoms with van der Waals surface area (Å²) >= 11 is 0. The molecule has 0 saturated heterocycles. The van der Waals surface area contributed by atoms with E-state index in [1.165, 1.54) is 0 Å². The summed E-state index contributed by atoms with van der Waals surface area (Å²) in [5, 5.41) is 3.67. The summed E-state index contributed by atoms with van der Waals surface area (Å²) in [6.07, 6.45) is 2.65. The van der Waals surface area contributed by atoms with Crippen LogP contribution in [-0.2, 0) is 17.8 Å². The van der Waals surface area contributed by atoms with Crippen molar-refractivity contribution in [3.05, 3.63) is 36.3 Å². The maximum absolute atomic E-state index is 12.7. The number of fused-ring (bicyclic) bond motifs is 2. The average Bonchev–Trinajstić information content (AvgIpc) is 3.09. The van der Waals surface area contributed by atoms with Crippen LogP contribution in [-0.4, -0.2) is 42.6 Å². The molecule has 2 aromatic heterocycles. The number of hydrogen-bond donors (Lipinski definition) is 1. The fraction of sp³-hybridized carbons (Fsp3) is 0.438. The number of aromatic nitrogens is 5. The molecule has 138 valence electrons. The van der Waals surface area contributed by atoms with Gasteiger partial charge in [-0.25, -0.2) is 14.6 Å². The lowest BCUT2D eigenvalue weighted by Crippen LogP contribution is -2.36. The lowest BCUT2D eigenvalue weighted by Gasteiger charge is -2.26. The second-order valence-corrected chi connectivity index (χ2v) is 6.70. The number of nitrogens with zero attached hydrogens (tertiary/aromatic N) is 5. The topological polar surface area (TPSA) is 83.8 Å². The highest BCUT2D eigenvalue weighted by atomic mass is 19.4. The number of imidazole rings is 1. The first-order valence-corrected chi connectivity index (χ1v) is 8.08. The lowest BCUT2D eigenvalue weighted by atomic mass is 9.90. The highest BCUT2D eigenvalue weighted by molar-refractivity contribution is 5.75. The minimum Gasteiger partial charge on any atom is -0.495 e. The Labute approximate surface area is 147 Å². The van der Waals surface area contributed by atoms with E-state index in [0.717, 1.165) is 22.3 Å². The third-order valence-corrected chi connectivity index (χ3v) is 4.27. The van der Waals surface area contributed by atoms with Crippen LogP contribution in [0.3, 0.4) is 0 Å². The van der Waals surface area contributed by atoms with Crippen LogP contribution in [0.5, 0.6) is 0 Å². The first-order chi connectivity index (χ1) is 12.2. The van der Waals surface area contributed by atoms with Crippen LogP contribution in [0.2, 0.25) is 0 Å². The van der Waals surface area contributed by atoms with Crippen LogP contribution in [0.4, 0.5) is 13.2 Å². The van der Waals surface area contributed by atoms with Gasteiger partial charge < -0.3 is 15.0 Å². The van der Waals surface area contributed by atoms with Crippen molar-refractivity contribution in [3.63, 3.8) is 0 Å². The maximum Gasteiger partial charge on any atom is 0.408 e. The number of allylic oxidation sites excluding steroid dienone is 2. The zero-order valence-corrected chi connectivity index (χ0v) is 14.0. The molecule has 2 aromatic rings. The molecule has 1 aliphatic heterocycles. The van der Waals surface area contributed by atoms with Crippen molar-refractivity contribution in [1.29, 1.82) is 0 Å². The van der Waals surface area contributed by atoms with Gasteiger partial charge in [-0.15, -0.1) is 0 Å². The number of alkyl halides is 3. The molecule has 0 fully saturated rings. The Kier molecular flexibility index (Phi) is 3.69. The molecule has 0 radical (unpaired) electrons. The normalized spacial score (nSPS) is 22.7. The summed E-state index contributed by atoms with van der Waals surface area (Å²) in [4.78, 5) is 8.47. The second-order valence-electron chi connectivity index (χ2n) is 6.70. The molecule has 1 aliphatic carbocycles. The van der Waals surface area contributed by atoms with Crippen LogP contribution in [0.1, 0.15) is 19.2 Å². The standard InChI is InChI=1S/C16H17F3N6O/c1-15(20)3-2-10-12(6-15)26-5-4-24-7-11(23-13(10)24)14-21-9-22-25(14)8-16(17,18)19/h2-3,7,9H,4-6,8,20H2,1H3. The minimum atomic E-state index is -4.39. The molecule has 10 heteroatoms. The number of halogens is 3. The van der Waals surface area contributed by atoms with E-state index in [4.69, 9.17) is 10.5 Å². The van der Waals surface area contributed by atoms with Crippen molar-refractivity contribution < 1.29 is 17.9 Å². The molecular formula is C16H17F3N6O. The molecule has 0 bridgehead atoms. The molecule has 2 aliphatic rings. The molecule has 0 amide bonds. The van der Waals surface area contributed by atoms with Gasteiger partial charge in [0.2, 0.25) is 0 Å². The van der Waals surface area contributed by atoms with E-state index < -0.39 is 18.3 Å². The second kappa shape index (κ2) is 5.70. The molecule has 3 heterocycles. The van der Waals surface area contributed by atoms with Gasteiger partial charge >= 0.3 is 6.18 Å². The maximum atomic E-state index is 12.7.